The first-order valence-corrected chi connectivity index (χ1v) is 7.30. The number of rotatable bonds is 3. The lowest BCUT2D eigenvalue weighted by Crippen LogP contribution is -2.65. The van der Waals surface area contributed by atoms with Crippen molar-refractivity contribution in [3.63, 3.8) is 0 Å². The molecular weight excluding hydrogens is 381 g/mol. The standard InChI is InChI=1S/C14H10ClF3N4O4/c1-24-11-5-10(19-6-20-11)21-12(23)22-14(13(16,17)18)25-8-3-2-7(15)4-9(8)26-14/h2-6H,1H3,(H2,19,20,21,22,23)/t14-/m1/s1. The Hall–Kier alpha value is -2.95. The molecule has 0 saturated heterocycles. The van der Waals surface area contributed by atoms with Gasteiger partial charge in [-0.2, -0.15) is 13.2 Å². The van der Waals surface area contributed by atoms with Crippen LogP contribution in [0.4, 0.5) is 23.8 Å². The molecule has 1 atom stereocenters. The first-order valence-electron chi connectivity index (χ1n) is 6.92. The number of amides is 2. The molecule has 1 aliphatic rings. The van der Waals surface area contributed by atoms with Crippen LogP contribution in [0.2, 0.25) is 5.02 Å². The van der Waals surface area contributed by atoms with Crippen LogP contribution in [0.25, 0.3) is 0 Å². The second kappa shape index (κ2) is 6.41. The number of ether oxygens (including phenoxy) is 3. The quantitative estimate of drug-likeness (QED) is 0.836. The summed E-state index contributed by atoms with van der Waals surface area (Å²) in [4.78, 5) is 19.4. The van der Waals surface area contributed by atoms with Crippen molar-refractivity contribution in [3.05, 3.63) is 35.6 Å². The molecule has 8 nitrogen and oxygen atoms in total. The summed E-state index contributed by atoms with van der Waals surface area (Å²) in [5.41, 5.74) is 0. The van der Waals surface area contributed by atoms with Gasteiger partial charge in [-0.15, -0.1) is 0 Å². The molecule has 0 aliphatic carbocycles. The van der Waals surface area contributed by atoms with Crippen LogP contribution in [-0.4, -0.2) is 35.2 Å². The number of anilines is 1. The van der Waals surface area contributed by atoms with E-state index in [1.54, 1.807) is 5.32 Å². The number of hydrogen-bond acceptors (Lipinski definition) is 6. The number of alkyl halides is 3. The molecule has 0 fully saturated rings. The van der Waals surface area contributed by atoms with Crippen LogP contribution < -0.4 is 24.8 Å². The van der Waals surface area contributed by atoms with Gasteiger partial charge in [-0.1, -0.05) is 11.6 Å². The van der Waals surface area contributed by atoms with E-state index in [-0.39, 0.29) is 28.2 Å². The summed E-state index contributed by atoms with van der Waals surface area (Å²) in [5.74, 6) is -3.89. The Balaban J connectivity index is 1.81. The summed E-state index contributed by atoms with van der Waals surface area (Å²) >= 11 is 5.73. The maximum atomic E-state index is 13.5. The minimum absolute atomic E-state index is 0.0924. The molecule has 3 rings (SSSR count). The maximum Gasteiger partial charge on any atom is 0.492 e. The van der Waals surface area contributed by atoms with Gasteiger partial charge in [0.15, 0.2) is 11.5 Å². The Morgan fingerprint density at radius 1 is 1.23 bits per heavy atom. The molecule has 0 spiro atoms. The summed E-state index contributed by atoms with van der Waals surface area (Å²) in [6.07, 6.45) is -4.03. The number of benzene rings is 1. The van der Waals surface area contributed by atoms with Crippen LogP contribution in [0.1, 0.15) is 0 Å². The number of carbonyl (C=O) groups excluding carboxylic acids is 1. The smallest absolute Gasteiger partial charge is 0.481 e. The van der Waals surface area contributed by atoms with Crippen LogP contribution in [0, 0.1) is 0 Å². The number of nitrogens with zero attached hydrogens (tertiary/aromatic N) is 2. The van der Waals surface area contributed by atoms with Crippen LogP contribution in [-0.2, 0) is 0 Å². The largest absolute Gasteiger partial charge is 0.492 e. The monoisotopic (exact) mass is 390 g/mol. The molecule has 0 saturated carbocycles. The van der Waals surface area contributed by atoms with Gasteiger partial charge < -0.3 is 14.2 Å². The van der Waals surface area contributed by atoms with E-state index in [2.05, 4.69) is 15.3 Å². The number of hydrogen-bond donors (Lipinski definition) is 2. The maximum absolute atomic E-state index is 13.5. The van der Waals surface area contributed by atoms with E-state index in [9.17, 15) is 18.0 Å². The molecule has 2 N–H and O–H groups in total. The fraction of sp³-hybridized carbons (Fsp3) is 0.214. The van der Waals surface area contributed by atoms with Crippen molar-refractivity contribution >= 4 is 23.4 Å². The molecule has 0 radical (unpaired) electrons. The predicted octanol–water partition coefficient (Wildman–Crippen LogP) is 2.95. The van der Waals surface area contributed by atoms with Crippen molar-refractivity contribution in [2.45, 2.75) is 12.1 Å². The van der Waals surface area contributed by atoms with Gasteiger partial charge >= 0.3 is 18.1 Å². The first kappa shape index (κ1) is 17.9. The van der Waals surface area contributed by atoms with E-state index in [0.29, 0.717) is 0 Å². The molecule has 138 valence electrons. The third kappa shape index (κ3) is 3.38. The average Bonchev–Trinajstić information content (AvgIpc) is 2.93. The van der Waals surface area contributed by atoms with Crippen molar-refractivity contribution < 1.29 is 32.2 Å². The Morgan fingerprint density at radius 2 is 1.96 bits per heavy atom. The number of methoxy groups -OCH3 is 1. The molecule has 12 heteroatoms. The lowest BCUT2D eigenvalue weighted by atomic mass is 10.3. The van der Waals surface area contributed by atoms with Crippen LogP contribution in [0.5, 0.6) is 17.4 Å². The fourth-order valence-electron chi connectivity index (χ4n) is 2.03. The molecule has 1 aromatic carbocycles. The topological polar surface area (TPSA) is 94.6 Å². The third-order valence-electron chi connectivity index (χ3n) is 3.16. The molecule has 2 aromatic rings. The number of carbonyl (C=O) groups is 1. The molecule has 2 heterocycles. The first-order chi connectivity index (χ1) is 12.2. The highest BCUT2D eigenvalue weighted by Gasteiger charge is 2.65. The third-order valence-corrected chi connectivity index (χ3v) is 3.39. The van der Waals surface area contributed by atoms with Gasteiger partial charge in [0.05, 0.1) is 7.11 Å². The molecule has 2 amide bonds. The van der Waals surface area contributed by atoms with Crippen LogP contribution in [0.3, 0.4) is 0 Å². The van der Waals surface area contributed by atoms with Crippen molar-refractivity contribution in [1.82, 2.24) is 15.3 Å². The Kier molecular flexibility index (Phi) is 4.40. The highest BCUT2D eigenvalue weighted by atomic mass is 35.5. The van der Waals surface area contributed by atoms with Gasteiger partial charge in [0.1, 0.15) is 12.1 Å². The van der Waals surface area contributed by atoms with Crippen LogP contribution in [0.15, 0.2) is 30.6 Å². The van der Waals surface area contributed by atoms with Gasteiger partial charge in [-0.05, 0) is 12.1 Å². The highest BCUT2D eigenvalue weighted by molar-refractivity contribution is 6.30. The highest BCUT2D eigenvalue weighted by Crippen LogP contribution is 2.46. The molecule has 1 aromatic heterocycles. The van der Waals surface area contributed by atoms with Crippen molar-refractivity contribution in [3.8, 4) is 17.4 Å². The van der Waals surface area contributed by atoms with E-state index < -0.39 is 18.1 Å². The van der Waals surface area contributed by atoms with Crippen molar-refractivity contribution in [2.24, 2.45) is 0 Å². The van der Waals surface area contributed by atoms with Gasteiger partial charge in [0, 0.05) is 17.2 Å². The number of urea groups is 1. The molecule has 0 unspecified atom stereocenters. The minimum atomic E-state index is -5.10. The number of nitrogens with one attached hydrogen (secondary N) is 2. The average molecular weight is 391 g/mol. The van der Waals surface area contributed by atoms with E-state index in [0.717, 1.165) is 12.4 Å². The lowest BCUT2D eigenvalue weighted by Gasteiger charge is -2.29. The molecule has 1 aliphatic heterocycles. The van der Waals surface area contributed by atoms with Gasteiger partial charge in [-0.3, -0.25) is 10.6 Å². The normalized spacial score (nSPS) is 18.3. The van der Waals surface area contributed by atoms with Crippen molar-refractivity contribution in [1.29, 1.82) is 0 Å². The van der Waals surface area contributed by atoms with E-state index in [1.807, 2.05) is 0 Å². The number of fused-ring (bicyclic) bond motifs is 1. The van der Waals surface area contributed by atoms with Gasteiger partial charge in [0.25, 0.3) is 0 Å². The predicted molar refractivity (Wildman–Crippen MR) is 82.2 cm³/mol. The van der Waals surface area contributed by atoms with E-state index >= 15 is 0 Å². The summed E-state index contributed by atoms with van der Waals surface area (Å²) in [5, 5.41) is 3.87. The zero-order valence-corrected chi connectivity index (χ0v) is 13.7. The molecule has 26 heavy (non-hydrogen) atoms. The molecular formula is C14H10ClF3N4O4. The summed E-state index contributed by atoms with van der Waals surface area (Å²) in [6.45, 7) is 0. The van der Waals surface area contributed by atoms with E-state index in [1.165, 1.54) is 25.3 Å². The zero-order valence-electron chi connectivity index (χ0n) is 12.9. The zero-order chi connectivity index (χ0) is 18.9. The summed E-state index contributed by atoms with van der Waals surface area (Å²) in [6, 6.07) is 3.59. The number of aromatic nitrogens is 2. The summed E-state index contributed by atoms with van der Waals surface area (Å²) in [7, 11) is 1.33. The van der Waals surface area contributed by atoms with Crippen LogP contribution >= 0.6 is 11.6 Å². The fourth-order valence-corrected chi connectivity index (χ4v) is 2.19. The minimum Gasteiger partial charge on any atom is -0.481 e. The van der Waals surface area contributed by atoms with Gasteiger partial charge in [0.2, 0.25) is 5.88 Å². The Bertz CT molecular complexity index is 851. The Morgan fingerprint density at radius 3 is 2.65 bits per heavy atom. The second-order valence-electron chi connectivity index (χ2n) is 4.93. The second-order valence-corrected chi connectivity index (χ2v) is 5.37. The lowest BCUT2D eigenvalue weighted by molar-refractivity contribution is -0.317. The van der Waals surface area contributed by atoms with E-state index in [4.69, 9.17) is 25.8 Å². The van der Waals surface area contributed by atoms with Gasteiger partial charge in [-0.25, -0.2) is 14.8 Å². The SMILES string of the molecule is COc1cc(NC(=O)N[C@]2(C(F)(F)F)Oc3ccc(Cl)cc3O2)ncn1. The summed E-state index contributed by atoms with van der Waals surface area (Å²) < 4.78 is 55.1. The molecule has 0 bridgehead atoms. The number of halogens is 4. The Labute approximate surface area is 149 Å². The van der Waals surface area contributed by atoms with Crippen molar-refractivity contribution in [2.75, 3.05) is 12.4 Å².